The predicted octanol–water partition coefficient (Wildman–Crippen LogP) is 1.04. The number of likely N-dealkylation sites (N-methyl/N-ethyl adjacent to an activating group) is 1. The van der Waals surface area contributed by atoms with Crippen molar-refractivity contribution in [2.24, 2.45) is 0 Å². The predicted molar refractivity (Wildman–Crippen MR) is 99.8 cm³/mol. The van der Waals surface area contributed by atoms with E-state index in [1.165, 1.54) is 0 Å². The van der Waals surface area contributed by atoms with Gasteiger partial charge in [0.25, 0.3) is 5.91 Å². The molecule has 2 aromatic carbocycles. The fraction of sp³-hybridized carbons (Fsp3) is 0.350. The number of methoxy groups -OCH3 is 3. The molecule has 0 radical (unpaired) electrons. The van der Waals surface area contributed by atoms with E-state index in [2.05, 4.69) is 5.32 Å². The van der Waals surface area contributed by atoms with Gasteiger partial charge in [-0.1, -0.05) is 6.07 Å². The summed E-state index contributed by atoms with van der Waals surface area (Å²) >= 11 is 0. The van der Waals surface area contributed by atoms with E-state index in [0.29, 0.717) is 24.6 Å². The first-order chi connectivity index (χ1) is 12.5. The molecule has 1 unspecified atom stereocenters. The molecule has 0 fully saturated rings. The number of ether oxygens (including phenoxy) is 3. The molecule has 0 bridgehead atoms. The summed E-state index contributed by atoms with van der Waals surface area (Å²) in [6, 6.07) is 13.5. The highest BCUT2D eigenvalue weighted by molar-refractivity contribution is 5.76. The Bertz CT molecular complexity index is 716. The summed E-state index contributed by atoms with van der Waals surface area (Å²) in [5, 5.41) is 2.95. The van der Waals surface area contributed by atoms with E-state index in [4.69, 9.17) is 14.2 Å². The molecular formula is C20H27N2O4+. The number of nitrogens with one attached hydrogen (secondary N) is 2. The topological polar surface area (TPSA) is 61.2 Å². The molecular weight excluding hydrogens is 332 g/mol. The molecule has 6 heteroatoms. The lowest BCUT2D eigenvalue weighted by molar-refractivity contribution is -0.885. The van der Waals surface area contributed by atoms with Crippen LogP contribution in [0.4, 0.5) is 0 Å². The van der Waals surface area contributed by atoms with Crippen LogP contribution in [0.1, 0.15) is 11.1 Å². The Morgan fingerprint density at radius 1 is 0.923 bits per heavy atom. The smallest absolute Gasteiger partial charge is 0.275 e. The van der Waals surface area contributed by atoms with Crippen molar-refractivity contribution in [3.05, 3.63) is 53.6 Å². The van der Waals surface area contributed by atoms with E-state index in [1.807, 2.05) is 49.5 Å². The highest BCUT2D eigenvalue weighted by atomic mass is 16.5. The minimum Gasteiger partial charge on any atom is -0.497 e. The lowest BCUT2D eigenvalue weighted by Gasteiger charge is -2.14. The van der Waals surface area contributed by atoms with Crippen LogP contribution in [0.15, 0.2) is 42.5 Å². The summed E-state index contributed by atoms with van der Waals surface area (Å²) in [5.41, 5.74) is 2.12. The quantitative estimate of drug-likeness (QED) is 0.702. The van der Waals surface area contributed by atoms with Crippen molar-refractivity contribution in [3.8, 4) is 17.2 Å². The molecule has 0 saturated carbocycles. The highest BCUT2D eigenvalue weighted by Gasteiger charge is 2.11. The first kappa shape index (κ1) is 19.6. The largest absolute Gasteiger partial charge is 0.497 e. The molecule has 0 saturated heterocycles. The summed E-state index contributed by atoms with van der Waals surface area (Å²) < 4.78 is 15.7. The highest BCUT2D eigenvalue weighted by Crippen LogP contribution is 2.27. The zero-order valence-corrected chi connectivity index (χ0v) is 15.8. The average molecular weight is 359 g/mol. The maximum absolute atomic E-state index is 12.2. The van der Waals surface area contributed by atoms with Crippen molar-refractivity contribution in [1.29, 1.82) is 0 Å². The first-order valence-electron chi connectivity index (χ1n) is 8.47. The van der Waals surface area contributed by atoms with Crippen molar-refractivity contribution in [3.63, 3.8) is 0 Å². The lowest BCUT2D eigenvalue weighted by atomic mass is 10.2. The molecule has 6 nitrogen and oxygen atoms in total. The van der Waals surface area contributed by atoms with Crippen molar-refractivity contribution < 1.29 is 23.9 Å². The van der Waals surface area contributed by atoms with Crippen molar-refractivity contribution in [2.45, 2.75) is 13.1 Å². The number of carbonyl (C=O) groups is 1. The summed E-state index contributed by atoms with van der Waals surface area (Å²) in [6.07, 6.45) is 0. The Kier molecular flexibility index (Phi) is 7.29. The monoisotopic (exact) mass is 359 g/mol. The van der Waals surface area contributed by atoms with Gasteiger partial charge in [0.2, 0.25) is 0 Å². The number of benzene rings is 2. The van der Waals surface area contributed by atoms with Crippen LogP contribution in [-0.2, 0) is 17.9 Å². The first-order valence-corrected chi connectivity index (χ1v) is 8.47. The normalized spacial score (nSPS) is 11.5. The van der Waals surface area contributed by atoms with Gasteiger partial charge in [0.05, 0.1) is 28.4 Å². The summed E-state index contributed by atoms with van der Waals surface area (Å²) in [6.45, 7) is 1.63. The average Bonchev–Trinajstić information content (AvgIpc) is 2.66. The van der Waals surface area contributed by atoms with E-state index in [0.717, 1.165) is 28.3 Å². The van der Waals surface area contributed by atoms with Crippen molar-refractivity contribution in [2.75, 3.05) is 34.9 Å². The van der Waals surface area contributed by atoms with Crippen LogP contribution in [-0.4, -0.2) is 40.8 Å². The molecule has 2 aromatic rings. The minimum atomic E-state index is 0.00537. The van der Waals surface area contributed by atoms with Crippen LogP contribution in [0, 0.1) is 0 Å². The number of quaternary nitrogens is 1. The third kappa shape index (κ3) is 5.67. The van der Waals surface area contributed by atoms with Gasteiger partial charge >= 0.3 is 0 Å². The number of amides is 1. The van der Waals surface area contributed by atoms with Crippen LogP contribution >= 0.6 is 0 Å². The van der Waals surface area contributed by atoms with E-state index in [1.54, 1.807) is 21.3 Å². The second-order valence-corrected chi connectivity index (χ2v) is 6.12. The standard InChI is InChI=1S/C20H26N2O4/c1-22(13-15-5-8-17(24-2)9-6-15)14-20(23)21-12-16-7-10-18(25-3)19(11-16)26-4/h5-11H,12-14H2,1-4H3,(H,21,23)/p+1. The fourth-order valence-electron chi connectivity index (χ4n) is 2.68. The lowest BCUT2D eigenvalue weighted by Crippen LogP contribution is -3.08. The van der Waals surface area contributed by atoms with Crippen LogP contribution in [0.25, 0.3) is 0 Å². The van der Waals surface area contributed by atoms with Gasteiger partial charge in [-0.25, -0.2) is 0 Å². The molecule has 0 aliphatic heterocycles. The fourth-order valence-corrected chi connectivity index (χ4v) is 2.68. The Morgan fingerprint density at radius 2 is 1.58 bits per heavy atom. The number of carbonyl (C=O) groups excluding carboxylic acids is 1. The van der Waals surface area contributed by atoms with E-state index >= 15 is 0 Å². The van der Waals surface area contributed by atoms with Gasteiger partial charge in [0.15, 0.2) is 18.0 Å². The second-order valence-electron chi connectivity index (χ2n) is 6.12. The summed E-state index contributed by atoms with van der Waals surface area (Å²) in [7, 11) is 6.84. The molecule has 0 heterocycles. The van der Waals surface area contributed by atoms with Crippen LogP contribution in [0.5, 0.6) is 17.2 Å². The molecule has 2 rings (SSSR count). The zero-order valence-electron chi connectivity index (χ0n) is 15.8. The molecule has 0 spiro atoms. The number of rotatable bonds is 9. The SMILES string of the molecule is COc1ccc(C[NH+](C)CC(=O)NCc2ccc(OC)c(OC)c2)cc1. The summed E-state index contributed by atoms with van der Waals surface area (Å²) in [5.74, 6) is 2.16. The summed E-state index contributed by atoms with van der Waals surface area (Å²) in [4.78, 5) is 13.3. The van der Waals surface area contributed by atoms with Crippen molar-refractivity contribution in [1.82, 2.24) is 5.32 Å². The van der Waals surface area contributed by atoms with E-state index < -0.39 is 0 Å². The molecule has 2 N–H and O–H groups in total. The molecule has 26 heavy (non-hydrogen) atoms. The second kappa shape index (κ2) is 9.68. The Morgan fingerprint density at radius 3 is 2.19 bits per heavy atom. The Labute approximate surface area is 154 Å². The van der Waals surface area contributed by atoms with Gasteiger partial charge in [0.1, 0.15) is 12.3 Å². The van der Waals surface area contributed by atoms with Gasteiger partial charge < -0.3 is 24.4 Å². The maximum atomic E-state index is 12.2. The van der Waals surface area contributed by atoms with Crippen LogP contribution in [0.3, 0.4) is 0 Å². The Hall–Kier alpha value is -2.73. The van der Waals surface area contributed by atoms with Crippen LogP contribution in [0.2, 0.25) is 0 Å². The van der Waals surface area contributed by atoms with E-state index in [9.17, 15) is 4.79 Å². The van der Waals surface area contributed by atoms with Gasteiger partial charge in [-0.2, -0.15) is 0 Å². The number of hydrogen-bond donors (Lipinski definition) is 2. The molecule has 1 amide bonds. The third-order valence-corrected chi connectivity index (χ3v) is 4.06. The van der Waals surface area contributed by atoms with Crippen molar-refractivity contribution >= 4 is 5.91 Å². The molecule has 0 aliphatic rings. The molecule has 0 aliphatic carbocycles. The number of hydrogen-bond acceptors (Lipinski definition) is 4. The molecule has 0 aromatic heterocycles. The maximum Gasteiger partial charge on any atom is 0.275 e. The van der Waals surface area contributed by atoms with Gasteiger partial charge in [-0.05, 0) is 42.0 Å². The molecule has 1 atom stereocenters. The molecule has 140 valence electrons. The third-order valence-electron chi connectivity index (χ3n) is 4.06. The van der Waals surface area contributed by atoms with Gasteiger partial charge in [0, 0.05) is 12.1 Å². The minimum absolute atomic E-state index is 0.00537. The van der Waals surface area contributed by atoms with Gasteiger partial charge in [-0.15, -0.1) is 0 Å². The zero-order chi connectivity index (χ0) is 18.9. The van der Waals surface area contributed by atoms with E-state index in [-0.39, 0.29) is 5.91 Å². The van der Waals surface area contributed by atoms with Crippen LogP contribution < -0.4 is 24.4 Å². The van der Waals surface area contributed by atoms with Gasteiger partial charge in [-0.3, -0.25) is 4.79 Å². The Balaban J connectivity index is 1.82.